The largest absolute Gasteiger partial charge is 0.573 e. The van der Waals surface area contributed by atoms with Gasteiger partial charge in [0.05, 0.1) is 5.25 Å². The molecule has 1 atom stereocenters. The third-order valence-corrected chi connectivity index (χ3v) is 4.97. The van der Waals surface area contributed by atoms with Crippen LogP contribution in [0.15, 0.2) is 42.5 Å². The lowest BCUT2D eigenvalue weighted by Gasteiger charge is -2.15. The minimum atomic E-state index is -4.70. The Labute approximate surface area is 154 Å². The van der Waals surface area contributed by atoms with Crippen LogP contribution in [-0.2, 0) is 10.5 Å². The van der Waals surface area contributed by atoms with Gasteiger partial charge in [0, 0.05) is 11.4 Å². The summed E-state index contributed by atoms with van der Waals surface area (Å²) in [6.07, 6.45) is -4.70. The number of amides is 1. The summed E-state index contributed by atoms with van der Waals surface area (Å²) in [5.74, 6) is 0.143. The molecular weight excluding hydrogens is 363 g/mol. The Morgan fingerprint density at radius 2 is 1.69 bits per heavy atom. The van der Waals surface area contributed by atoms with Gasteiger partial charge in [-0.3, -0.25) is 4.79 Å². The van der Waals surface area contributed by atoms with Crippen LogP contribution < -0.4 is 10.1 Å². The maximum absolute atomic E-state index is 12.4. The van der Waals surface area contributed by atoms with E-state index in [0.717, 1.165) is 22.4 Å². The van der Waals surface area contributed by atoms with Crippen LogP contribution in [0.5, 0.6) is 5.75 Å². The molecule has 1 N–H and O–H groups in total. The number of aryl methyl sites for hydroxylation is 2. The SMILES string of the molecule is Cc1cccc(C)c1NC(=O)C(C)SCc1ccc(OC(F)(F)F)cc1. The molecule has 0 saturated heterocycles. The molecule has 0 heterocycles. The number of thioether (sulfide) groups is 1. The lowest BCUT2D eigenvalue weighted by atomic mass is 10.1. The predicted octanol–water partition coefficient (Wildman–Crippen LogP) is 5.46. The van der Waals surface area contributed by atoms with Crippen LogP contribution in [0.2, 0.25) is 0 Å². The summed E-state index contributed by atoms with van der Waals surface area (Å²) in [4.78, 5) is 12.4. The number of benzene rings is 2. The molecule has 1 amide bonds. The van der Waals surface area contributed by atoms with Gasteiger partial charge in [0.2, 0.25) is 5.91 Å². The summed E-state index contributed by atoms with van der Waals surface area (Å²) in [6, 6.07) is 11.5. The highest BCUT2D eigenvalue weighted by atomic mass is 32.2. The Morgan fingerprint density at radius 1 is 1.12 bits per heavy atom. The molecule has 0 aliphatic heterocycles. The number of rotatable bonds is 6. The first-order chi connectivity index (χ1) is 12.2. The Balaban J connectivity index is 1.89. The number of ether oxygens (including phenoxy) is 1. The second kappa shape index (κ2) is 8.49. The lowest BCUT2D eigenvalue weighted by molar-refractivity contribution is -0.274. The van der Waals surface area contributed by atoms with E-state index in [9.17, 15) is 18.0 Å². The topological polar surface area (TPSA) is 38.3 Å². The van der Waals surface area contributed by atoms with Gasteiger partial charge < -0.3 is 10.1 Å². The maximum atomic E-state index is 12.4. The first-order valence-corrected chi connectivity index (χ1v) is 9.04. The molecule has 0 radical (unpaired) electrons. The number of carbonyl (C=O) groups excluding carboxylic acids is 1. The molecule has 1 unspecified atom stereocenters. The van der Waals surface area contributed by atoms with Crippen LogP contribution in [0.1, 0.15) is 23.6 Å². The zero-order valence-corrected chi connectivity index (χ0v) is 15.5. The fourth-order valence-corrected chi connectivity index (χ4v) is 3.17. The molecule has 3 nitrogen and oxygen atoms in total. The molecule has 0 aromatic heterocycles. The number of hydrogen-bond acceptors (Lipinski definition) is 3. The van der Waals surface area contributed by atoms with Gasteiger partial charge in [-0.2, -0.15) is 0 Å². The number of hydrogen-bond donors (Lipinski definition) is 1. The lowest BCUT2D eigenvalue weighted by Crippen LogP contribution is -2.23. The van der Waals surface area contributed by atoms with Gasteiger partial charge in [-0.1, -0.05) is 30.3 Å². The molecule has 2 aromatic rings. The van der Waals surface area contributed by atoms with Crippen LogP contribution in [0.4, 0.5) is 18.9 Å². The molecule has 0 saturated carbocycles. The molecule has 0 aliphatic carbocycles. The van der Waals surface area contributed by atoms with Crippen molar-refractivity contribution in [3.63, 3.8) is 0 Å². The zero-order valence-electron chi connectivity index (χ0n) is 14.7. The monoisotopic (exact) mass is 383 g/mol. The van der Waals surface area contributed by atoms with Gasteiger partial charge in [-0.05, 0) is 49.6 Å². The van der Waals surface area contributed by atoms with Crippen molar-refractivity contribution in [2.24, 2.45) is 0 Å². The van der Waals surface area contributed by atoms with Crippen LogP contribution in [0.25, 0.3) is 0 Å². The minimum Gasteiger partial charge on any atom is -0.406 e. The summed E-state index contributed by atoms with van der Waals surface area (Å²) in [5.41, 5.74) is 3.63. The molecule has 26 heavy (non-hydrogen) atoms. The van der Waals surface area contributed by atoms with E-state index in [1.54, 1.807) is 19.1 Å². The quantitative estimate of drug-likeness (QED) is 0.720. The summed E-state index contributed by atoms with van der Waals surface area (Å²) < 4.78 is 40.3. The molecule has 2 rings (SSSR count). The zero-order chi connectivity index (χ0) is 19.3. The summed E-state index contributed by atoms with van der Waals surface area (Å²) in [7, 11) is 0. The smallest absolute Gasteiger partial charge is 0.406 e. The van der Waals surface area contributed by atoms with Crippen molar-refractivity contribution < 1.29 is 22.7 Å². The van der Waals surface area contributed by atoms with E-state index in [2.05, 4.69) is 10.1 Å². The van der Waals surface area contributed by atoms with E-state index < -0.39 is 6.36 Å². The van der Waals surface area contributed by atoms with Crippen molar-refractivity contribution in [2.75, 3.05) is 5.32 Å². The van der Waals surface area contributed by atoms with Crippen molar-refractivity contribution in [1.82, 2.24) is 0 Å². The van der Waals surface area contributed by atoms with Gasteiger partial charge in [-0.25, -0.2) is 0 Å². The van der Waals surface area contributed by atoms with Crippen molar-refractivity contribution in [3.05, 3.63) is 59.2 Å². The summed E-state index contributed by atoms with van der Waals surface area (Å²) in [6.45, 7) is 5.67. The number of nitrogens with one attached hydrogen (secondary N) is 1. The van der Waals surface area contributed by atoms with E-state index in [1.807, 2.05) is 32.0 Å². The molecular formula is C19H20F3NO2S. The highest BCUT2D eigenvalue weighted by Gasteiger charge is 2.30. The first kappa shape index (κ1) is 20.2. The Hall–Kier alpha value is -2.15. The van der Waals surface area contributed by atoms with Gasteiger partial charge in [0.25, 0.3) is 0 Å². The van der Waals surface area contributed by atoms with Crippen LogP contribution >= 0.6 is 11.8 Å². The Bertz CT molecular complexity index is 740. The van der Waals surface area contributed by atoms with Crippen LogP contribution in [0, 0.1) is 13.8 Å². The van der Waals surface area contributed by atoms with Crippen LogP contribution in [-0.4, -0.2) is 17.5 Å². The number of halogens is 3. The number of para-hydroxylation sites is 1. The number of carbonyl (C=O) groups is 1. The van der Waals surface area contributed by atoms with Crippen molar-refractivity contribution in [3.8, 4) is 5.75 Å². The molecule has 7 heteroatoms. The predicted molar refractivity (Wildman–Crippen MR) is 98.4 cm³/mol. The highest BCUT2D eigenvalue weighted by molar-refractivity contribution is 7.99. The van der Waals surface area contributed by atoms with E-state index in [1.165, 1.54) is 23.9 Å². The third kappa shape index (κ3) is 5.98. The van der Waals surface area contributed by atoms with Gasteiger partial charge in [-0.15, -0.1) is 24.9 Å². The maximum Gasteiger partial charge on any atom is 0.573 e. The normalized spacial score (nSPS) is 12.5. The average molecular weight is 383 g/mol. The molecule has 0 fully saturated rings. The molecule has 0 spiro atoms. The van der Waals surface area contributed by atoms with E-state index >= 15 is 0 Å². The average Bonchev–Trinajstić information content (AvgIpc) is 2.56. The minimum absolute atomic E-state index is 0.107. The fraction of sp³-hybridized carbons (Fsp3) is 0.316. The van der Waals surface area contributed by atoms with Crippen molar-refractivity contribution >= 4 is 23.4 Å². The number of alkyl halides is 3. The second-order valence-electron chi connectivity index (χ2n) is 5.90. The summed E-state index contributed by atoms with van der Waals surface area (Å²) >= 11 is 1.41. The van der Waals surface area contributed by atoms with Gasteiger partial charge in [0.15, 0.2) is 0 Å². The third-order valence-electron chi connectivity index (χ3n) is 3.76. The summed E-state index contributed by atoms with van der Waals surface area (Å²) in [5, 5.41) is 2.64. The standard InChI is InChI=1S/C19H20F3NO2S/c1-12-5-4-6-13(2)17(12)23-18(24)14(3)26-11-15-7-9-16(10-8-15)25-19(20,21)22/h4-10,14H,11H2,1-3H3,(H,23,24). The molecule has 0 aliphatic rings. The molecule has 140 valence electrons. The Kier molecular flexibility index (Phi) is 6.58. The molecule has 2 aromatic carbocycles. The number of anilines is 1. The van der Waals surface area contributed by atoms with Gasteiger partial charge >= 0.3 is 6.36 Å². The fourth-order valence-electron chi connectivity index (χ4n) is 2.32. The first-order valence-electron chi connectivity index (χ1n) is 7.99. The van der Waals surface area contributed by atoms with Crippen molar-refractivity contribution in [1.29, 1.82) is 0 Å². The van der Waals surface area contributed by atoms with E-state index in [-0.39, 0.29) is 16.9 Å². The van der Waals surface area contributed by atoms with E-state index in [4.69, 9.17) is 0 Å². The highest BCUT2D eigenvalue weighted by Crippen LogP contribution is 2.26. The Morgan fingerprint density at radius 3 is 2.23 bits per heavy atom. The van der Waals surface area contributed by atoms with Crippen molar-refractivity contribution in [2.45, 2.75) is 38.1 Å². The van der Waals surface area contributed by atoms with Gasteiger partial charge in [0.1, 0.15) is 5.75 Å². The molecule has 0 bridgehead atoms. The second-order valence-corrected chi connectivity index (χ2v) is 7.23. The van der Waals surface area contributed by atoms with Crippen LogP contribution in [0.3, 0.4) is 0 Å². The van der Waals surface area contributed by atoms with E-state index in [0.29, 0.717) is 5.75 Å².